The smallest absolute Gasteiger partial charge is 0.161 e. The Morgan fingerprint density at radius 3 is 2.77 bits per heavy atom. The van der Waals surface area contributed by atoms with Gasteiger partial charge in [0, 0.05) is 0 Å². The van der Waals surface area contributed by atoms with E-state index in [-0.39, 0.29) is 12.4 Å². The average molecular weight is 413 g/mol. The largest absolute Gasteiger partial charge is 0.493 e. The summed E-state index contributed by atoms with van der Waals surface area (Å²) in [4.78, 5) is 7.72. The number of ether oxygens (including phenoxy) is 2. The summed E-state index contributed by atoms with van der Waals surface area (Å²) in [5.74, 6) is 1.25. The minimum atomic E-state index is -0.307. The number of hydrogen-bond acceptors (Lipinski definition) is 4. The van der Waals surface area contributed by atoms with Crippen molar-refractivity contribution in [2.75, 3.05) is 7.11 Å². The van der Waals surface area contributed by atoms with Gasteiger partial charge in [-0.15, -0.1) is 0 Å². The van der Waals surface area contributed by atoms with E-state index in [1.54, 1.807) is 37.5 Å². The zero-order valence-corrected chi connectivity index (χ0v) is 17.1. The average Bonchev–Trinajstić information content (AvgIpc) is 3.19. The Kier molecular flexibility index (Phi) is 5.67. The van der Waals surface area contributed by atoms with Crippen LogP contribution in [0.5, 0.6) is 11.5 Å². The fraction of sp³-hybridized carbons (Fsp3) is 0.120. The summed E-state index contributed by atoms with van der Waals surface area (Å²) in [6, 6.07) is 19.7. The molecule has 1 aromatic heterocycles. The molecule has 3 aromatic carbocycles. The maximum Gasteiger partial charge on any atom is 0.161 e. The van der Waals surface area contributed by atoms with Gasteiger partial charge in [0.1, 0.15) is 24.3 Å². The van der Waals surface area contributed by atoms with Gasteiger partial charge in [-0.2, -0.15) is 5.26 Å². The van der Waals surface area contributed by atoms with Crippen LogP contribution in [0.25, 0.3) is 22.7 Å². The third-order valence-corrected chi connectivity index (χ3v) is 4.80. The first-order chi connectivity index (χ1) is 15.1. The maximum atomic E-state index is 13.4. The molecular formula is C25H20FN3O2. The second-order valence-corrected chi connectivity index (χ2v) is 7.10. The van der Waals surface area contributed by atoms with Crippen molar-refractivity contribution in [3.05, 3.63) is 89.0 Å². The Hall–Kier alpha value is -4.11. The van der Waals surface area contributed by atoms with Gasteiger partial charge in [0.25, 0.3) is 0 Å². The van der Waals surface area contributed by atoms with Crippen molar-refractivity contribution in [2.45, 2.75) is 13.5 Å². The number of nitrogens with one attached hydrogen (secondary N) is 1. The molecule has 0 bridgehead atoms. The van der Waals surface area contributed by atoms with E-state index in [2.05, 4.69) is 16.0 Å². The monoisotopic (exact) mass is 413 g/mol. The highest BCUT2D eigenvalue weighted by Gasteiger charge is 2.10. The molecule has 6 heteroatoms. The number of aromatic nitrogens is 2. The molecule has 1 heterocycles. The van der Waals surface area contributed by atoms with E-state index in [1.807, 2.05) is 31.2 Å². The van der Waals surface area contributed by atoms with Gasteiger partial charge in [0.05, 0.1) is 23.7 Å². The molecule has 0 aliphatic rings. The molecule has 1 N–H and O–H groups in total. The second kappa shape index (κ2) is 8.72. The molecule has 4 rings (SSSR count). The number of benzene rings is 3. The van der Waals surface area contributed by atoms with E-state index < -0.39 is 0 Å². The van der Waals surface area contributed by atoms with E-state index in [1.165, 1.54) is 12.1 Å². The fourth-order valence-electron chi connectivity index (χ4n) is 3.25. The molecule has 0 saturated carbocycles. The van der Waals surface area contributed by atoms with Crippen LogP contribution in [0.15, 0.2) is 60.7 Å². The van der Waals surface area contributed by atoms with E-state index in [0.29, 0.717) is 22.9 Å². The molecule has 0 unspecified atom stereocenters. The Balaban J connectivity index is 1.59. The van der Waals surface area contributed by atoms with Crippen LogP contribution in [-0.4, -0.2) is 17.1 Å². The van der Waals surface area contributed by atoms with Gasteiger partial charge in [-0.25, -0.2) is 9.37 Å². The van der Waals surface area contributed by atoms with Gasteiger partial charge in [-0.1, -0.05) is 24.3 Å². The SMILES string of the molecule is COc1cc(/C=C(/C#N)c2nc3ccc(C)cc3[nH]2)ccc1OCc1cccc(F)c1. The highest BCUT2D eigenvalue weighted by atomic mass is 19.1. The highest BCUT2D eigenvalue weighted by Crippen LogP contribution is 2.30. The number of hydrogen-bond donors (Lipinski definition) is 1. The summed E-state index contributed by atoms with van der Waals surface area (Å²) in [5, 5.41) is 9.67. The summed E-state index contributed by atoms with van der Waals surface area (Å²) in [5.41, 5.74) is 4.70. The summed E-state index contributed by atoms with van der Waals surface area (Å²) >= 11 is 0. The Morgan fingerprint density at radius 1 is 1.13 bits per heavy atom. The van der Waals surface area contributed by atoms with Crippen LogP contribution in [-0.2, 0) is 6.61 Å². The highest BCUT2D eigenvalue weighted by molar-refractivity contribution is 5.90. The molecule has 0 fully saturated rings. The van der Waals surface area contributed by atoms with Crippen LogP contribution < -0.4 is 9.47 Å². The standard InChI is InChI=1S/C25H20FN3O2/c1-16-6-8-21-22(10-16)29-25(28-21)19(14-27)11-17-7-9-23(24(13-17)30-2)31-15-18-4-3-5-20(26)12-18/h3-13H,15H2,1-2H3,(H,28,29)/b19-11-. The van der Waals surface area contributed by atoms with Gasteiger partial charge >= 0.3 is 0 Å². The Morgan fingerprint density at radius 2 is 2.00 bits per heavy atom. The lowest BCUT2D eigenvalue weighted by Crippen LogP contribution is -1.98. The molecule has 0 aliphatic heterocycles. The van der Waals surface area contributed by atoms with Crippen LogP contribution in [0.3, 0.4) is 0 Å². The lowest BCUT2D eigenvalue weighted by Gasteiger charge is -2.11. The minimum absolute atomic E-state index is 0.213. The van der Waals surface area contributed by atoms with Gasteiger partial charge in [-0.05, 0) is 66.1 Å². The summed E-state index contributed by atoms with van der Waals surface area (Å²) in [7, 11) is 1.55. The zero-order chi connectivity index (χ0) is 21.8. The number of nitriles is 1. The van der Waals surface area contributed by atoms with Crippen molar-refractivity contribution in [1.29, 1.82) is 5.26 Å². The molecule has 5 nitrogen and oxygen atoms in total. The quantitative estimate of drug-likeness (QED) is 0.414. The number of allylic oxidation sites excluding steroid dienone is 1. The van der Waals surface area contributed by atoms with Crippen LogP contribution >= 0.6 is 0 Å². The number of rotatable bonds is 6. The molecule has 0 spiro atoms. The van der Waals surface area contributed by atoms with Crippen molar-refractivity contribution >= 4 is 22.7 Å². The predicted molar refractivity (Wildman–Crippen MR) is 118 cm³/mol. The van der Waals surface area contributed by atoms with E-state index in [9.17, 15) is 9.65 Å². The fourth-order valence-corrected chi connectivity index (χ4v) is 3.25. The molecule has 0 amide bonds. The first kappa shape index (κ1) is 20.2. The Bertz CT molecular complexity index is 1320. The number of fused-ring (bicyclic) bond motifs is 1. The van der Waals surface area contributed by atoms with E-state index in [0.717, 1.165) is 27.7 Å². The first-order valence-corrected chi connectivity index (χ1v) is 9.69. The topological polar surface area (TPSA) is 70.9 Å². The van der Waals surface area contributed by atoms with Crippen molar-refractivity contribution in [2.24, 2.45) is 0 Å². The number of H-pyrrole nitrogens is 1. The number of halogens is 1. The van der Waals surface area contributed by atoms with Crippen LogP contribution in [0.1, 0.15) is 22.5 Å². The van der Waals surface area contributed by atoms with Crippen molar-refractivity contribution in [3.8, 4) is 17.6 Å². The minimum Gasteiger partial charge on any atom is -0.493 e. The third kappa shape index (κ3) is 4.57. The van der Waals surface area contributed by atoms with E-state index in [4.69, 9.17) is 9.47 Å². The van der Waals surface area contributed by atoms with Gasteiger partial charge < -0.3 is 14.5 Å². The maximum absolute atomic E-state index is 13.4. The molecule has 0 radical (unpaired) electrons. The lowest BCUT2D eigenvalue weighted by molar-refractivity contribution is 0.284. The third-order valence-electron chi connectivity index (χ3n) is 4.80. The Labute approximate surface area is 179 Å². The normalized spacial score (nSPS) is 11.4. The lowest BCUT2D eigenvalue weighted by atomic mass is 10.1. The van der Waals surface area contributed by atoms with Crippen molar-refractivity contribution in [3.63, 3.8) is 0 Å². The van der Waals surface area contributed by atoms with Gasteiger partial charge in [0.15, 0.2) is 11.5 Å². The van der Waals surface area contributed by atoms with Gasteiger partial charge in [0.2, 0.25) is 0 Å². The van der Waals surface area contributed by atoms with Crippen LogP contribution in [0, 0.1) is 24.1 Å². The first-order valence-electron chi connectivity index (χ1n) is 9.69. The number of methoxy groups -OCH3 is 1. The van der Waals surface area contributed by atoms with Crippen LogP contribution in [0.4, 0.5) is 4.39 Å². The number of aromatic amines is 1. The molecule has 0 aliphatic carbocycles. The summed E-state index contributed by atoms with van der Waals surface area (Å²) in [6.07, 6.45) is 1.74. The number of nitrogens with zero attached hydrogens (tertiary/aromatic N) is 2. The summed E-state index contributed by atoms with van der Waals surface area (Å²) in [6.45, 7) is 2.22. The zero-order valence-electron chi connectivity index (χ0n) is 17.1. The van der Waals surface area contributed by atoms with Crippen LogP contribution in [0.2, 0.25) is 0 Å². The second-order valence-electron chi connectivity index (χ2n) is 7.10. The molecule has 31 heavy (non-hydrogen) atoms. The predicted octanol–water partition coefficient (Wildman–Crippen LogP) is 5.66. The molecule has 154 valence electrons. The molecule has 4 aromatic rings. The summed E-state index contributed by atoms with van der Waals surface area (Å²) < 4.78 is 24.6. The van der Waals surface area contributed by atoms with Crippen molar-refractivity contribution in [1.82, 2.24) is 9.97 Å². The molecule has 0 atom stereocenters. The number of imidazole rings is 1. The molecule has 0 saturated heterocycles. The van der Waals surface area contributed by atoms with Crippen molar-refractivity contribution < 1.29 is 13.9 Å². The van der Waals surface area contributed by atoms with Gasteiger partial charge in [-0.3, -0.25) is 0 Å². The molecular weight excluding hydrogens is 393 g/mol. The van der Waals surface area contributed by atoms with E-state index >= 15 is 0 Å². The number of aryl methyl sites for hydroxylation is 1.